The second kappa shape index (κ2) is 8.36. The minimum absolute atomic E-state index is 0.0729. The third-order valence-electron chi connectivity index (χ3n) is 7.63. The van der Waals surface area contributed by atoms with Crippen LogP contribution in [-0.4, -0.2) is 18.3 Å². The molecule has 0 N–H and O–H groups in total. The quantitative estimate of drug-likeness (QED) is 0.290. The maximum atomic E-state index is 6.27. The van der Waals surface area contributed by atoms with Crippen LogP contribution < -0.4 is 5.46 Å². The van der Waals surface area contributed by atoms with Gasteiger partial charge in [-0.25, -0.2) is 0 Å². The van der Waals surface area contributed by atoms with E-state index in [-0.39, 0.29) is 23.7 Å². The maximum Gasteiger partial charge on any atom is 0.494 e. The fraction of sp³-hybridized carbons (Fsp3) is 0.312. The van der Waals surface area contributed by atoms with E-state index in [4.69, 9.17) is 9.31 Å². The third kappa shape index (κ3) is 4.44. The van der Waals surface area contributed by atoms with Crippen molar-refractivity contribution in [3.63, 3.8) is 0 Å². The molecule has 1 saturated heterocycles. The first-order valence-corrected chi connectivity index (χ1v) is 12.5. The monoisotopic (exact) mass is 462 g/mol. The van der Waals surface area contributed by atoms with Gasteiger partial charge in [0, 0.05) is 0 Å². The summed E-state index contributed by atoms with van der Waals surface area (Å²) >= 11 is 0. The lowest BCUT2D eigenvalue weighted by Gasteiger charge is -2.32. The fourth-order valence-corrected chi connectivity index (χ4v) is 4.80. The van der Waals surface area contributed by atoms with E-state index < -0.39 is 0 Å². The highest BCUT2D eigenvalue weighted by atomic mass is 16.7. The van der Waals surface area contributed by atoms with Gasteiger partial charge in [-0.3, -0.25) is 0 Å². The Bertz CT molecular complexity index is 1360. The van der Waals surface area contributed by atoms with Crippen molar-refractivity contribution in [2.45, 2.75) is 65.1 Å². The van der Waals surface area contributed by atoms with Crippen molar-refractivity contribution in [3.8, 4) is 22.3 Å². The Morgan fingerprint density at radius 3 is 1.83 bits per heavy atom. The lowest BCUT2D eigenvalue weighted by molar-refractivity contribution is 0.00578. The molecule has 0 amide bonds. The van der Waals surface area contributed by atoms with E-state index in [1.54, 1.807) is 0 Å². The van der Waals surface area contributed by atoms with Crippen LogP contribution in [0, 0.1) is 0 Å². The molecule has 35 heavy (non-hydrogen) atoms. The number of benzene rings is 4. The van der Waals surface area contributed by atoms with Gasteiger partial charge >= 0.3 is 7.12 Å². The molecule has 0 radical (unpaired) electrons. The summed E-state index contributed by atoms with van der Waals surface area (Å²) in [4.78, 5) is 0. The zero-order valence-corrected chi connectivity index (χ0v) is 22.0. The summed E-state index contributed by atoms with van der Waals surface area (Å²) in [5.41, 5.74) is 6.64. The van der Waals surface area contributed by atoms with Crippen LogP contribution >= 0.6 is 0 Å². The molecule has 0 bridgehead atoms. The van der Waals surface area contributed by atoms with Gasteiger partial charge in [0.05, 0.1) is 11.2 Å². The maximum absolute atomic E-state index is 6.27. The van der Waals surface area contributed by atoms with E-state index in [9.17, 15) is 0 Å². The molecule has 178 valence electrons. The molecule has 0 saturated carbocycles. The molecule has 0 spiro atoms. The number of rotatable bonds is 3. The van der Waals surface area contributed by atoms with Crippen LogP contribution in [0.4, 0.5) is 0 Å². The van der Waals surface area contributed by atoms with E-state index in [2.05, 4.69) is 133 Å². The normalized spacial score (nSPS) is 17.2. The van der Waals surface area contributed by atoms with E-state index in [1.165, 1.54) is 33.0 Å². The largest absolute Gasteiger partial charge is 0.494 e. The van der Waals surface area contributed by atoms with Crippen LogP contribution in [0.1, 0.15) is 54.0 Å². The minimum Gasteiger partial charge on any atom is -0.399 e. The topological polar surface area (TPSA) is 18.5 Å². The second-order valence-corrected chi connectivity index (χ2v) is 11.8. The highest BCUT2D eigenvalue weighted by Crippen LogP contribution is 2.37. The van der Waals surface area contributed by atoms with Crippen LogP contribution in [0.5, 0.6) is 0 Å². The van der Waals surface area contributed by atoms with Crippen LogP contribution in [-0.2, 0) is 14.7 Å². The van der Waals surface area contributed by atoms with Crippen molar-refractivity contribution >= 4 is 23.4 Å². The van der Waals surface area contributed by atoms with Gasteiger partial charge in [-0.2, -0.15) is 0 Å². The van der Waals surface area contributed by atoms with Crippen molar-refractivity contribution in [3.05, 3.63) is 90.5 Å². The van der Waals surface area contributed by atoms with E-state index >= 15 is 0 Å². The molecule has 5 rings (SSSR count). The molecule has 0 unspecified atom stereocenters. The lowest BCUT2D eigenvalue weighted by atomic mass is 9.78. The van der Waals surface area contributed by atoms with Crippen LogP contribution in [0.15, 0.2) is 84.9 Å². The van der Waals surface area contributed by atoms with Crippen molar-refractivity contribution in [2.24, 2.45) is 0 Å². The Morgan fingerprint density at radius 1 is 0.600 bits per heavy atom. The summed E-state index contributed by atoms with van der Waals surface area (Å²) in [6.07, 6.45) is 0. The predicted octanol–water partition coefficient (Wildman–Crippen LogP) is 7.77. The van der Waals surface area contributed by atoms with Crippen LogP contribution in [0.3, 0.4) is 0 Å². The van der Waals surface area contributed by atoms with Crippen LogP contribution in [0.25, 0.3) is 33.0 Å². The smallest absolute Gasteiger partial charge is 0.399 e. The Labute approximate surface area is 210 Å². The Balaban J connectivity index is 1.47. The summed E-state index contributed by atoms with van der Waals surface area (Å²) in [5, 5.41) is 2.62. The number of hydrogen-bond donors (Lipinski definition) is 0. The number of fused-ring (bicyclic) bond motifs is 1. The fourth-order valence-electron chi connectivity index (χ4n) is 4.80. The SMILES string of the molecule is CC(C)(C)c1cc(-c2ccc(-c3cccc(B4OC(C)(C)C(C)(C)O4)c3)cc2)cc2ccccc12. The van der Waals surface area contributed by atoms with Gasteiger partial charge in [0.15, 0.2) is 0 Å². The minimum atomic E-state index is -0.354. The first-order valence-electron chi connectivity index (χ1n) is 12.5. The van der Waals surface area contributed by atoms with E-state index in [0.717, 1.165) is 11.0 Å². The van der Waals surface area contributed by atoms with Crippen molar-refractivity contribution in [1.29, 1.82) is 0 Å². The van der Waals surface area contributed by atoms with Crippen molar-refractivity contribution < 1.29 is 9.31 Å². The summed E-state index contributed by atoms with van der Waals surface area (Å²) in [5.74, 6) is 0. The molecule has 3 heteroatoms. The second-order valence-electron chi connectivity index (χ2n) is 11.8. The molecule has 0 aliphatic carbocycles. The third-order valence-corrected chi connectivity index (χ3v) is 7.63. The predicted molar refractivity (Wildman–Crippen MR) is 149 cm³/mol. The molecule has 4 aromatic carbocycles. The van der Waals surface area contributed by atoms with Gasteiger partial charge in [0.25, 0.3) is 0 Å². The van der Waals surface area contributed by atoms with Gasteiger partial charge in [-0.15, -0.1) is 0 Å². The Kier molecular flexibility index (Phi) is 5.70. The molecule has 0 atom stereocenters. The van der Waals surface area contributed by atoms with Crippen LogP contribution in [0.2, 0.25) is 0 Å². The summed E-state index contributed by atoms with van der Waals surface area (Å²) in [6.45, 7) is 15.2. The van der Waals surface area contributed by atoms with Gasteiger partial charge < -0.3 is 9.31 Å². The van der Waals surface area contributed by atoms with Crippen molar-refractivity contribution in [1.82, 2.24) is 0 Å². The first-order chi connectivity index (χ1) is 16.4. The zero-order valence-electron chi connectivity index (χ0n) is 22.0. The standard InChI is InChI=1S/C32H35BO2/c1-30(2,3)29-21-26(19-25-11-8-9-14-28(25)29)23-17-15-22(16-18-23)24-12-10-13-27(20-24)33-34-31(4,5)32(6,7)35-33/h8-21H,1-7H3. The van der Waals surface area contributed by atoms with Crippen molar-refractivity contribution in [2.75, 3.05) is 0 Å². The lowest BCUT2D eigenvalue weighted by Crippen LogP contribution is -2.41. The van der Waals surface area contributed by atoms with Gasteiger partial charge in [-0.1, -0.05) is 93.6 Å². The average Bonchev–Trinajstić information content (AvgIpc) is 3.04. The summed E-state index contributed by atoms with van der Waals surface area (Å²) in [7, 11) is -0.354. The molecule has 4 aromatic rings. The first kappa shape index (κ1) is 23.8. The van der Waals surface area contributed by atoms with E-state index in [1.807, 2.05) is 0 Å². The highest BCUT2D eigenvalue weighted by molar-refractivity contribution is 6.62. The molecular formula is C32H35BO2. The average molecular weight is 462 g/mol. The molecule has 2 nitrogen and oxygen atoms in total. The molecule has 1 fully saturated rings. The van der Waals surface area contributed by atoms with E-state index in [0.29, 0.717) is 0 Å². The van der Waals surface area contributed by atoms with Gasteiger partial charge in [0.2, 0.25) is 0 Å². The summed E-state index contributed by atoms with van der Waals surface area (Å²) < 4.78 is 12.5. The Hall–Kier alpha value is -2.88. The molecule has 1 heterocycles. The molecule has 1 aliphatic heterocycles. The molecular weight excluding hydrogens is 427 g/mol. The van der Waals surface area contributed by atoms with Gasteiger partial charge in [0.1, 0.15) is 0 Å². The van der Waals surface area contributed by atoms with Gasteiger partial charge in [-0.05, 0) is 89.3 Å². The molecule has 0 aromatic heterocycles. The Morgan fingerprint density at radius 2 is 1.20 bits per heavy atom. The zero-order chi connectivity index (χ0) is 25.0. The highest BCUT2D eigenvalue weighted by Gasteiger charge is 2.51. The summed E-state index contributed by atoms with van der Waals surface area (Å²) in [6, 6.07) is 30.7. The number of hydrogen-bond acceptors (Lipinski definition) is 2. The molecule has 1 aliphatic rings.